The van der Waals surface area contributed by atoms with Crippen molar-refractivity contribution in [2.24, 2.45) is 5.73 Å². The molecule has 0 radical (unpaired) electrons. The van der Waals surface area contributed by atoms with Crippen LogP contribution >= 0.6 is 0 Å². The highest BCUT2D eigenvalue weighted by Gasteiger charge is 2.23. The largest absolute Gasteiger partial charge is 0.377 e. The van der Waals surface area contributed by atoms with Gasteiger partial charge in [0.2, 0.25) is 0 Å². The Kier molecular flexibility index (Phi) is 5.06. The SMILES string of the molecule is Cc1ccc(C)n1-c1cc(N2CCOC[C@H]2C)nnc1Cn1nccc1C(N)=O. The van der Waals surface area contributed by atoms with Gasteiger partial charge in [0.05, 0.1) is 31.5 Å². The number of carbonyl (C=O) groups is 1. The molecule has 1 atom stereocenters. The summed E-state index contributed by atoms with van der Waals surface area (Å²) in [5.41, 5.74) is 9.62. The summed E-state index contributed by atoms with van der Waals surface area (Å²) in [5, 5.41) is 13.3. The first-order valence-electron chi connectivity index (χ1n) is 9.63. The number of aromatic nitrogens is 5. The van der Waals surface area contributed by atoms with Crippen molar-refractivity contribution in [1.29, 1.82) is 0 Å². The van der Waals surface area contributed by atoms with Gasteiger partial charge in [0.15, 0.2) is 5.82 Å². The fraction of sp³-hybridized carbons (Fsp3) is 0.400. The molecule has 1 fully saturated rings. The van der Waals surface area contributed by atoms with E-state index >= 15 is 0 Å². The van der Waals surface area contributed by atoms with E-state index < -0.39 is 5.91 Å². The van der Waals surface area contributed by atoms with Gasteiger partial charge >= 0.3 is 0 Å². The Morgan fingerprint density at radius 3 is 2.69 bits per heavy atom. The molecule has 0 aromatic carbocycles. The van der Waals surface area contributed by atoms with Crippen LogP contribution in [0.1, 0.15) is 34.5 Å². The summed E-state index contributed by atoms with van der Waals surface area (Å²) in [5.74, 6) is 0.284. The third-order valence-corrected chi connectivity index (χ3v) is 5.28. The quantitative estimate of drug-likeness (QED) is 0.701. The van der Waals surface area contributed by atoms with Gasteiger partial charge in [-0.2, -0.15) is 5.10 Å². The van der Waals surface area contributed by atoms with Crippen molar-refractivity contribution in [3.63, 3.8) is 0 Å². The van der Waals surface area contributed by atoms with Crippen LogP contribution in [-0.2, 0) is 11.3 Å². The van der Waals surface area contributed by atoms with Gasteiger partial charge in [-0.25, -0.2) is 0 Å². The molecule has 152 valence electrons. The Hall–Kier alpha value is -3.20. The van der Waals surface area contributed by atoms with Crippen LogP contribution in [0.2, 0.25) is 0 Å². The Balaban J connectivity index is 1.80. The molecule has 9 heteroatoms. The van der Waals surface area contributed by atoms with E-state index in [2.05, 4.69) is 63.7 Å². The van der Waals surface area contributed by atoms with E-state index in [0.717, 1.165) is 29.4 Å². The molecule has 9 nitrogen and oxygen atoms in total. The number of hydrogen-bond acceptors (Lipinski definition) is 6. The molecule has 4 rings (SSSR count). The topological polar surface area (TPSA) is 104 Å². The normalized spacial score (nSPS) is 16.9. The molecule has 3 aromatic heterocycles. The molecule has 1 saturated heterocycles. The van der Waals surface area contributed by atoms with Gasteiger partial charge in [0.25, 0.3) is 5.91 Å². The third kappa shape index (κ3) is 3.61. The second kappa shape index (κ2) is 7.67. The van der Waals surface area contributed by atoms with Crippen molar-refractivity contribution in [3.05, 3.63) is 53.2 Å². The number of rotatable bonds is 5. The van der Waals surface area contributed by atoms with Crippen LogP contribution in [0.4, 0.5) is 5.82 Å². The lowest BCUT2D eigenvalue weighted by atomic mass is 10.2. The summed E-state index contributed by atoms with van der Waals surface area (Å²) < 4.78 is 9.25. The van der Waals surface area contributed by atoms with E-state index in [4.69, 9.17) is 10.5 Å². The molecule has 1 amide bonds. The Morgan fingerprint density at radius 2 is 2.00 bits per heavy atom. The molecule has 2 N–H and O–H groups in total. The number of primary amides is 1. The Morgan fingerprint density at radius 1 is 1.24 bits per heavy atom. The van der Waals surface area contributed by atoms with Crippen LogP contribution in [0.25, 0.3) is 5.69 Å². The van der Waals surface area contributed by atoms with Gasteiger partial charge in [-0.3, -0.25) is 9.48 Å². The summed E-state index contributed by atoms with van der Waals surface area (Å²) in [6.07, 6.45) is 1.56. The third-order valence-electron chi connectivity index (χ3n) is 5.28. The van der Waals surface area contributed by atoms with E-state index in [1.807, 2.05) is 0 Å². The lowest BCUT2D eigenvalue weighted by Gasteiger charge is -2.34. The van der Waals surface area contributed by atoms with Crippen LogP contribution < -0.4 is 10.6 Å². The van der Waals surface area contributed by atoms with Crippen LogP contribution in [-0.4, -0.2) is 56.3 Å². The fourth-order valence-electron chi connectivity index (χ4n) is 3.77. The van der Waals surface area contributed by atoms with Gasteiger partial charge < -0.3 is 19.9 Å². The van der Waals surface area contributed by atoms with E-state index in [0.29, 0.717) is 31.1 Å². The first-order valence-corrected chi connectivity index (χ1v) is 9.63. The molecule has 0 saturated carbocycles. The molecule has 0 aliphatic carbocycles. The number of aryl methyl sites for hydroxylation is 2. The summed E-state index contributed by atoms with van der Waals surface area (Å²) >= 11 is 0. The smallest absolute Gasteiger partial charge is 0.266 e. The van der Waals surface area contributed by atoms with Crippen molar-refractivity contribution < 1.29 is 9.53 Å². The number of amides is 1. The zero-order valence-corrected chi connectivity index (χ0v) is 16.9. The van der Waals surface area contributed by atoms with Crippen LogP contribution in [0, 0.1) is 13.8 Å². The number of nitrogens with two attached hydrogens (primary N) is 1. The van der Waals surface area contributed by atoms with Gasteiger partial charge in [0, 0.05) is 30.2 Å². The van der Waals surface area contributed by atoms with Gasteiger partial charge in [0.1, 0.15) is 11.4 Å². The molecule has 3 aromatic rings. The molecule has 1 aliphatic heterocycles. The summed E-state index contributed by atoms with van der Waals surface area (Å²) in [6.45, 7) is 8.61. The number of anilines is 1. The number of morpholine rings is 1. The number of carbonyl (C=O) groups excluding carboxylic acids is 1. The summed E-state index contributed by atoms with van der Waals surface area (Å²) in [4.78, 5) is 13.9. The lowest BCUT2D eigenvalue weighted by Crippen LogP contribution is -2.44. The zero-order chi connectivity index (χ0) is 20.5. The standard InChI is InChI=1S/C20H25N7O2/c1-13-4-5-14(2)27(13)18-10-19(25-8-9-29-12-15(25)3)24-23-16(18)11-26-17(20(21)28)6-7-22-26/h4-7,10,15H,8-9,11-12H2,1-3H3,(H2,21,28)/t15-/m1/s1. The van der Waals surface area contributed by atoms with Crippen molar-refractivity contribution >= 4 is 11.7 Å². The zero-order valence-electron chi connectivity index (χ0n) is 16.9. The van der Waals surface area contributed by atoms with E-state index in [1.165, 1.54) is 0 Å². The average Bonchev–Trinajstić information content (AvgIpc) is 3.29. The minimum atomic E-state index is -0.524. The van der Waals surface area contributed by atoms with Crippen molar-refractivity contribution in [1.82, 2.24) is 24.5 Å². The highest BCUT2D eigenvalue weighted by Crippen LogP contribution is 2.25. The first-order chi connectivity index (χ1) is 14.0. The van der Waals surface area contributed by atoms with Crippen LogP contribution in [0.5, 0.6) is 0 Å². The Labute approximate surface area is 169 Å². The molecule has 0 spiro atoms. The molecule has 0 bridgehead atoms. The van der Waals surface area contributed by atoms with Crippen LogP contribution in [0.15, 0.2) is 30.5 Å². The van der Waals surface area contributed by atoms with E-state index in [9.17, 15) is 4.79 Å². The van der Waals surface area contributed by atoms with Gasteiger partial charge in [-0.1, -0.05) is 0 Å². The van der Waals surface area contributed by atoms with E-state index in [1.54, 1.807) is 16.9 Å². The second-order valence-electron chi connectivity index (χ2n) is 7.34. The number of hydrogen-bond donors (Lipinski definition) is 1. The highest BCUT2D eigenvalue weighted by atomic mass is 16.5. The lowest BCUT2D eigenvalue weighted by molar-refractivity contribution is 0.0984. The minimum Gasteiger partial charge on any atom is -0.377 e. The molecular formula is C20H25N7O2. The van der Waals surface area contributed by atoms with Gasteiger partial charge in [-0.15, -0.1) is 10.2 Å². The Bertz CT molecular complexity index is 1020. The first kappa shape index (κ1) is 19.1. The van der Waals surface area contributed by atoms with E-state index in [-0.39, 0.29) is 6.04 Å². The maximum atomic E-state index is 11.7. The predicted octanol–water partition coefficient (Wildman–Crippen LogP) is 1.45. The second-order valence-corrected chi connectivity index (χ2v) is 7.34. The maximum Gasteiger partial charge on any atom is 0.266 e. The molecule has 29 heavy (non-hydrogen) atoms. The number of nitrogens with zero attached hydrogens (tertiary/aromatic N) is 6. The monoisotopic (exact) mass is 395 g/mol. The summed E-state index contributed by atoms with van der Waals surface area (Å²) in [6, 6.07) is 8.01. The summed E-state index contributed by atoms with van der Waals surface area (Å²) in [7, 11) is 0. The molecule has 4 heterocycles. The van der Waals surface area contributed by atoms with Crippen molar-refractivity contribution in [2.45, 2.75) is 33.4 Å². The fourth-order valence-corrected chi connectivity index (χ4v) is 3.77. The molecule has 0 unspecified atom stereocenters. The van der Waals surface area contributed by atoms with Crippen molar-refractivity contribution in [2.75, 3.05) is 24.7 Å². The van der Waals surface area contributed by atoms with Crippen molar-refractivity contribution in [3.8, 4) is 5.69 Å². The molecule has 1 aliphatic rings. The highest BCUT2D eigenvalue weighted by molar-refractivity contribution is 5.90. The van der Waals surface area contributed by atoms with Crippen LogP contribution in [0.3, 0.4) is 0 Å². The number of ether oxygens (including phenoxy) is 1. The molecular weight excluding hydrogens is 370 g/mol. The maximum absolute atomic E-state index is 11.7. The average molecular weight is 395 g/mol. The minimum absolute atomic E-state index is 0.219. The van der Waals surface area contributed by atoms with Gasteiger partial charge in [-0.05, 0) is 39.0 Å². The predicted molar refractivity (Wildman–Crippen MR) is 108 cm³/mol.